The van der Waals surface area contributed by atoms with Gasteiger partial charge in [0.1, 0.15) is 23.4 Å². The molecule has 8 heteroatoms. The molecule has 0 aliphatic heterocycles. The Hall–Kier alpha value is -2.94. The number of ether oxygens (including phenoxy) is 1. The number of methoxy groups -OCH3 is 1. The number of hydrogen-bond donors (Lipinski definition) is 5. The van der Waals surface area contributed by atoms with E-state index in [0.717, 1.165) is 0 Å². The van der Waals surface area contributed by atoms with Crippen LogP contribution in [0.5, 0.6) is 17.2 Å². The predicted octanol–water partition coefficient (Wildman–Crippen LogP) is 0.455. The predicted molar refractivity (Wildman–Crippen MR) is 99.7 cm³/mol. The van der Waals surface area contributed by atoms with Crippen LogP contribution in [0.3, 0.4) is 0 Å². The van der Waals surface area contributed by atoms with Gasteiger partial charge in [0.15, 0.2) is 5.78 Å². The molecule has 0 saturated carbocycles. The Morgan fingerprint density at radius 2 is 1.72 bits per heavy atom. The van der Waals surface area contributed by atoms with Crippen LogP contribution in [0.4, 0.5) is 0 Å². The molecule has 0 bridgehead atoms. The molecular weight excluding hydrogens is 380 g/mol. The largest absolute Gasteiger partial charge is 0.507 e. The van der Waals surface area contributed by atoms with Crippen molar-refractivity contribution in [1.29, 1.82) is 0 Å². The summed E-state index contributed by atoms with van der Waals surface area (Å²) in [7, 11) is 1.36. The number of fused-ring (bicyclic) bond motifs is 3. The Balaban J connectivity index is 1.95. The molecule has 8 nitrogen and oxygen atoms in total. The van der Waals surface area contributed by atoms with Crippen LogP contribution >= 0.6 is 0 Å². The molecule has 0 heterocycles. The lowest BCUT2D eigenvalue weighted by Gasteiger charge is -2.38. The summed E-state index contributed by atoms with van der Waals surface area (Å²) in [5.41, 5.74) is -2.00. The van der Waals surface area contributed by atoms with E-state index in [-0.39, 0.29) is 58.4 Å². The summed E-state index contributed by atoms with van der Waals surface area (Å²) in [6.07, 6.45) is -1.72. The Bertz CT molecular complexity index is 1060. The van der Waals surface area contributed by atoms with E-state index >= 15 is 0 Å². The second-order valence-electron chi connectivity index (χ2n) is 7.42. The molecule has 0 amide bonds. The average Bonchev–Trinajstić information content (AvgIpc) is 2.73. The summed E-state index contributed by atoms with van der Waals surface area (Å²) in [5.74, 6) is -2.05. The fourth-order valence-electron chi connectivity index (χ4n) is 4.30. The highest BCUT2D eigenvalue weighted by Crippen LogP contribution is 2.48. The highest BCUT2D eigenvalue weighted by atomic mass is 16.5. The second-order valence-corrected chi connectivity index (χ2v) is 7.42. The number of carbonyl (C=O) groups excluding carboxylic acids is 2. The minimum Gasteiger partial charge on any atom is -0.507 e. The van der Waals surface area contributed by atoms with Crippen molar-refractivity contribution in [3.8, 4) is 17.2 Å². The van der Waals surface area contributed by atoms with Crippen LogP contribution < -0.4 is 4.74 Å². The van der Waals surface area contributed by atoms with Crippen LogP contribution in [0.2, 0.25) is 0 Å². The van der Waals surface area contributed by atoms with Gasteiger partial charge < -0.3 is 30.3 Å². The van der Waals surface area contributed by atoms with Crippen LogP contribution in [0, 0.1) is 0 Å². The first-order valence-corrected chi connectivity index (χ1v) is 9.12. The van der Waals surface area contributed by atoms with Gasteiger partial charge in [0.2, 0.25) is 5.78 Å². The van der Waals surface area contributed by atoms with E-state index in [1.165, 1.54) is 19.2 Å². The maximum atomic E-state index is 13.1. The molecular formula is C21H20O8. The van der Waals surface area contributed by atoms with Crippen molar-refractivity contribution >= 4 is 11.6 Å². The summed E-state index contributed by atoms with van der Waals surface area (Å²) >= 11 is 0. The number of aromatic hydroxyl groups is 2. The smallest absolute Gasteiger partial charge is 0.202 e. The number of ketones is 2. The van der Waals surface area contributed by atoms with Crippen molar-refractivity contribution in [3.05, 3.63) is 51.6 Å². The molecule has 0 fully saturated rings. The first-order valence-electron chi connectivity index (χ1n) is 9.12. The van der Waals surface area contributed by atoms with Crippen molar-refractivity contribution in [2.24, 2.45) is 0 Å². The van der Waals surface area contributed by atoms with Gasteiger partial charge in [-0.1, -0.05) is 12.1 Å². The topological polar surface area (TPSA) is 145 Å². The monoisotopic (exact) mass is 400 g/mol. The first kappa shape index (κ1) is 19.4. The highest BCUT2D eigenvalue weighted by molar-refractivity contribution is 6.31. The lowest BCUT2D eigenvalue weighted by atomic mass is 9.72. The van der Waals surface area contributed by atoms with E-state index in [4.69, 9.17) is 4.74 Å². The summed E-state index contributed by atoms with van der Waals surface area (Å²) in [6, 6.07) is 4.50. The van der Waals surface area contributed by atoms with E-state index in [0.29, 0.717) is 0 Å². The molecule has 29 heavy (non-hydrogen) atoms. The number of phenols is 2. The maximum Gasteiger partial charge on any atom is 0.202 e. The third-order valence-electron chi connectivity index (χ3n) is 5.92. The first-order chi connectivity index (χ1) is 13.7. The number of benzene rings is 2. The Kier molecular flexibility index (Phi) is 4.38. The fourth-order valence-corrected chi connectivity index (χ4v) is 4.30. The van der Waals surface area contributed by atoms with Crippen LogP contribution in [-0.4, -0.2) is 62.5 Å². The quantitative estimate of drug-likeness (QED) is 0.399. The molecule has 4 rings (SSSR count). The molecule has 152 valence electrons. The molecule has 0 aromatic heterocycles. The van der Waals surface area contributed by atoms with Crippen molar-refractivity contribution < 1.29 is 39.9 Å². The van der Waals surface area contributed by atoms with Gasteiger partial charge in [-0.05, 0) is 18.9 Å². The van der Waals surface area contributed by atoms with Crippen LogP contribution in [0.1, 0.15) is 49.4 Å². The molecule has 0 radical (unpaired) electrons. The van der Waals surface area contributed by atoms with Crippen LogP contribution in [0.15, 0.2) is 18.2 Å². The highest BCUT2D eigenvalue weighted by Gasteiger charge is 2.45. The van der Waals surface area contributed by atoms with Gasteiger partial charge >= 0.3 is 0 Å². The zero-order chi connectivity index (χ0) is 21.1. The standard InChI is InChI=1S/C21H20O8/c1-29-12-4-2-3-10-14(12)20(27)16-15(18(10)25)19(26)11-7-21(28,13(23)8-22)6-5-9(11)17(16)24/h2-4,13,22-24,26,28H,5-8H2,1H3/t13?,21-/m0/s1. The molecule has 2 aromatic carbocycles. The number of carbonyl (C=O) groups is 2. The third kappa shape index (κ3) is 2.57. The van der Waals surface area contributed by atoms with E-state index in [2.05, 4.69) is 0 Å². The zero-order valence-corrected chi connectivity index (χ0v) is 15.6. The molecule has 1 unspecified atom stereocenters. The molecule has 0 saturated heterocycles. The second kappa shape index (κ2) is 6.55. The lowest BCUT2D eigenvalue weighted by Crippen LogP contribution is -2.48. The number of phenolic OH excluding ortho intramolecular Hbond substituents is 2. The van der Waals surface area contributed by atoms with E-state index in [1.807, 2.05) is 0 Å². The summed E-state index contributed by atoms with van der Waals surface area (Å²) in [6.45, 7) is -0.686. The Morgan fingerprint density at radius 1 is 1.07 bits per heavy atom. The summed E-state index contributed by atoms with van der Waals surface area (Å²) in [5, 5.41) is 51.6. The van der Waals surface area contributed by atoms with E-state index < -0.39 is 41.4 Å². The molecule has 0 spiro atoms. The number of aliphatic hydroxyl groups excluding tert-OH is 2. The van der Waals surface area contributed by atoms with E-state index in [9.17, 15) is 35.1 Å². The van der Waals surface area contributed by atoms with Crippen LogP contribution in [-0.2, 0) is 12.8 Å². The van der Waals surface area contributed by atoms with Gasteiger partial charge in [-0.2, -0.15) is 0 Å². The van der Waals surface area contributed by atoms with Crippen molar-refractivity contribution in [2.45, 2.75) is 31.0 Å². The Morgan fingerprint density at radius 3 is 2.38 bits per heavy atom. The average molecular weight is 400 g/mol. The SMILES string of the molecule is COc1cccc2c1C(=O)c1c(O)c3c(c(O)c1C2=O)C[C@](O)(C(O)CO)CC3. The van der Waals surface area contributed by atoms with Gasteiger partial charge in [-0.3, -0.25) is 9.59 Å². The minimum atomic E-state index is -1.73. The lowest BCUT2D eigenvalue weighted by molar-refractivity contribution is -0.102. The summed E-state index contributed by atoms with van der Waals surface area (Å²) < 4.78 is 5.19. The van der Waals surface area contributed by atoms with Gasteiger partial charge in [0, 0.05) is 23.1 Å². The van der Waals surface area contributed by atoms with Gasteiger partial charge in [-0.25, -0.2) is 0 Å². The van der Waals surface area contributed by atoms with Crippen molar-refractivity contribution in [2.75, 3.05) is 13.7 Å². The summed E-state index contributed by atoms with van der Waals surface area (Å²) in [4.78, 5) is 26.2. The molecule has 2 aliphatic rings. The normalized spacial score (nSPS) is 21.2. The third-order valence-corrected chi connectivity index (χ3v) is 5.92. The zero-order valence-electron chi connectivity index (χ0n) is 15.6. The van der Waals surface area contributed by atoms with Crippen LogP contribution in [0.25, 0.3) is 0 Å². The van der Waals surface area contributed by atoms with Gasteiger partial charge in [-0.15, -0.1) is 0 Å². The van der Waals surface area contributed by atoms with Gasteiger partial charge in [0.25, 0.3) is 0 Å². The van der Waals surface area contributed by atoms with Gasteiger partial charge in [0.05, 0.1) is 36.0 Å². The molecule has 2 atom stereocenters. The number of hydrogen-bond acceptors (Lipinski definition) is 8. The van der Waals surface area contributed by atoms with E-state index in [1.54, 1.807) is 6.07 Å². The number of rotatable bonds is 3. The van der Waals surface area contributed by atoms with Crippen molar-refractivity contribution in [3.63, 3.8) is 0 Å². The minimum absolute atomic E-state index is 0.00441. The molecule has 2 aromatic rings. The maximum absolute atomic E-state index is 13.1. The molecule has 2 aliphatic carbocycles. The number of aliphatic hydroxyl groups is 3. The van der Waals surface area contributed by atoms with Crippen molar-refractivity contribution in [1.82, 2.24) is 0 Å². The Labute approximate surface area is 165 Å². The fraction of sp³-hybridized carbons (Fsp3) is 0.333. The molecule has 5 N–H and O–H groups in total.